The van der Waals surface area contributed by atoms with Gasteiger partial charge in [-0.1, -0.05) is 25.0 Å². The van der Waals surface area contributed by atoms with Crippen LogP contribution in [-0.4, -0.2) is 50.9 Å². The van der Waals surface area contributed by atoms with E-state index in [2.05, 4.69) is 4.72 Å². The highest BCUT2D eigenvalue weighted by molar-refractivity contribution is 7.89. The normalized spacial score (nSPS) is 16.1. The number of carbonyl (C=O) groups is 2. The lowest BCUT2D eigenvalue weighted by Crippen LogP contribution is -2.42. The van der Waals surface area contributed by atoms with Crippen molar-refractivity contribution in [2.24, 2.45) is 0 Å². The first-order valence-electron chi connectivity index (χ1n) is 8.82. The second-order valence-electron chi connectivity index (χ2n) is 6.30. The van der Waals surface area contributed by atoms with E-state index in [-0.39, 0.29) is 16.4 Å². The van der Waals surface area contributed by atoms with E-state index in [1.807, 2.05) is 0 Å². The molecule has 1 aliphatic rings. The molecule has 9 heteroatoms. The molecular formula is C18H23N3O5S. The van der Waals surface area contributed by atoms with Gasteiger partial charge in [0.25, 0.3) is 5.91 Å². The number of ether oxygens (including phenoxy) is 1. The summed E-state index contributed by atoms with van der Waals surface area (Å²) < 4.78 is 31.7. The third-order valence-corrected chi connectivity index (χ3v) is 5.74. The number of benzene rings is 1. The zero-order chi connectivity index (χ0) is 19.9. The van der Waals surface area contributed by atoms with Crippen molar-refractivity contribution in [3.05, 3.63) is 29.8 Å². The van der Waals surface area contributed by atoms with Gasteiger partial charge in [-0.2, -0.15) is 9.98 Å². The monoisotopic (exact) mass is 393 g/mol. The van der Waals surface area contributed by atoms with Gasteiger partial charge in [-0.25, -0.2) is 8.42 Å². The minimum atomic E-state index is -4.05. The highest BCUT2D eigenvalue weighted by Crippen LogP contribution is 2.14. The summed E-state index contributed by atoms with van der Waals surface area (Å²) in [6.45, 7) is 2.13. The quantitative estimate of drug-likeness (QED) is 0.725. The van der Waals surface area contributed by atoms with Crippen LogP contribution in [0.2, 0.25) is 0 Å². The predicted molar refractivity (Wildman–Crippen MR) is 96.9 cm³/mol. The highest BCUT2D eigenvalue weighted by Gasteiger charge is 2.25. The number of sulfonamides is 1. The minimum absolute atomic E-state index is 0.0249. The van der Waals surface area contributed by atoms with Gasteiger partial charge in [0.2, 0.25) is 10.0 Å². The zero-order valence-electron chi connectivity index (χ0n) is 15.2. The van der Waals surface area contributed by atoms with E-state index >= 15 is 0 Å². The van der Waals surface area contributed by atoms with Gasteiger partial charge in [-0.15, -0.1) is 0 Å². The van der Waals surface area contributed by atoms with Gasteiger partial charge in [0.05, 0.1) is 10.5 Å². The largest absolute Gasteiger partial charge is 0.452 e. The first kappa shape index (κ1) is 20.9. The molecule has 146 valence electrons. The van der Waals surface area contributed by atoms with Crippen LogP contribution in [0.25, 0.3) is 0 Å². The van der Waals surface area contributed by atoms with Crippen molar-refractivity contribution in [2.45, 2.75) is 43.6 Å². The number of hydrogen-bond donors (Lipinski definition) is 1. The molecule has 0 aromatic heterocycles. The maximum Gasteiger partial charge on any atom is 0.321 e. The molecule has 1 heterocycles. The predicted octanol–water partition coefficient (Wildman–Crippen LogP) is 1.17. The summed E-state index contributed by atoms with van der Waals surface area (Å²) in [4.78, 5) is 25.8. The maximum absolute atomic E-state index is 12.4. The van der Waals surface area contributed by atoms with Crippen LogP contribution in [-0.2, 0) is 24.3 Å². The molecule has 1 aromatic rings. The fourth-order valence-corrected chi connectivity index (χ4v) is 3.99. The van der Waals surface area contributed by atoms with E-state index in [1.54, 1.807) is 17.0 Å². The second kappa shape index (κ2) is 9.48. The third kappa shape index (κ3) is 5.77. The van der Waals surface area contributed by atoms with E-state index in [0.717, 1.165) is 25.7 Å². The van der Waals surface area contributed by atoms with Crippen molar-refractivity contribution >= 4 is 21.9 Å². The first-order valence-corrected chi connectivity index (χ1v) is 10.3. The molecule has 1 saturated heterocycles. The van der Waals surface area contributed by atoms with Crippen molar-refractivity contribution in [3.63, 3.8) is 0 Å². The minimum Gasteiger partial charge on any atom is -0.452 e. The Hall–Kier alpha value is -2.44. The summed E-state index contributed by atoms with van der Waals surface area (Å²) in [5, 5.41) is 9.01. The lowest BCUT2D eigenvalue weighted by molar-refractivity contribution is -0.158. The van der Waals surface area contributed by atoms with Crippen molar-refractivity contribution in [2.75, 3.05) is 19.6 Å². The van der Waals surface area contributed by atoms with E-state index in [1.165, 1.54) is 25.1 Å². The summed E-state index contributed by atoms with van der Waals surface area (Å²) in [6, 6.07) is 7.46. The first-order chi connectivity index (χ1) is 12.8. The Labute approximate surface area is 159 Å². The highest BCUT2D eigenvalue weighted by atomic mass is 32.2. The summed E-state index contributed by atoms with van der Waals surface area (Å²) >= 11 is 0. The van der Waals surface area contributed by atoms with E-state index in [4.69, 9.17) is 10.00 Å². The number of amides is 1. The molecule has 1 fully saturated rings. The van der Waals surface area contributed by atoms with E-state index in [0.29, 0.717) is 13.1 Å². The molecule has 0 bridgehead atoms. The van der Waals surface area contributed by atoms with Gasteiger partial charge in [0.1, 0.15) is 12.6 Å². The molecule has 1 atom stereocenters. The fraction of sp³-hybridized carbons (Fsp3) is 0.500. The Morgan fingerprint density at radius 3 is 2.48 bits per heavy atom. The molecule has 1 aliphatic heterocycles. The number of likely N-dealkylation sites (tertiary alicyclic amines) is 1. The van der Waals surface area contributed by atoms with E-state index in [9.17, 15) is 18.0 Å². The van der Waals surface area contributed by atoms with Crippen molar-refractivity contribution in [1.82, 2.24) is 9.62 Å². The van der Waals surface area contributed by atoms with Crippen molar-refractivity contribution in [1.29, 1.82) is 5.26 Å². The maximum atomic E-state index is 12.4. The standard InChI is InChI=1S/C18H23N3O5S/c1-14(18(23)21-10-6-2-3-7-11-21)26-17(22)13-20-27(24,25)16-9-5-4-8-15(16)12-19/h4-5,8-9,14,20H,2-3,6-7,10-11,13H2,1H3/t14-/m1/s1. The second-order valence-corrected chi connectivity index (χ2v) is 8.04. The van der Waals surface area contributed by atoms with Gasteiger partial charge in [0.15, 0.2) is 6.10 Å². The Bertz CT molecular complexity index is 824. The number of nitrogens with zero attached hydrogens (tertiary/aromatic N) is 2. The molecule has 27 heavy (non-hydrogen) atoms. The van der Waals surface area contributed by atoms with Crippen LogP contribution in [0.15, 0.2) is 29.2 Å². The number of nitrogens with one attached hydrogen (secondary N) is 1. The number of carbonyl (C=O) groups excluding carboxylic acids is 2. The molecule has 8 nitrogen and oxygen atoms in total. The van der Waals surface area contributed by atoms with E-state index < -0.39 is 28.6 Å². The molecule has 0 spiro atoms. The Morgan fingerprint density at radius 2 is 1.85 bits per heavy atom. The summed E-state index contributed by atoms with van der Waals surface area (Å²) in [5.41, 5.74) is -0.0249. The average Bonchev–Trinajstić information content (AvgIpc) is 2.95. The lowest BCUT2D eigenvalue weighted by atomic mass is 10.2. The Morgan fingerprint density at radius 1 is 1.22 bits per heavy atom. The van der Waals surface area contributed by atoms with Crippen LogP contribution in [0.4, 0.5) is 0 Å². The summed E-state index contributed by atoms with van der Waals surface area (Å²) in [7, 11) is -4.05. The van der Waals surface area contributed by atoms with Crippen LogP contribution in [0.1, 0.15) is 38.2 Å². The van der Waals surface area contributed by atoms with Crippen LogP contribution in [0.3, 0.4) is 0 Å². The van der Waals surface area contributed by atoms with Gasteiger partial charge < -0.3 is 9.64 Å². The third-order valence-electron chi connectivity index (χ3n) is 4.28. The Balaban J connectivity index is 1.91. The molecule has 1 N–H and O–H groups in total. The molecule has 1 aromatic carbocycles. The molecule has 0 aliphatic carbocycles. The van der Waals surface area contributed by atoms with Crippen LogP contribution in [0.5, 0.6) is 0 Å². The molecule has 2 rings (SSSR count). The Kier molecular flexibility index (Phi) is 7.33. The summed E-state index contributed by atoms with van der Waals surface area (Å²) in [5.74, 6) is -1.13. The number of esters is 1. The fourth-order valence-electron chi connectivity index (χ4n) is 2.86. The molecule has 0 saturated carbocycles. The average molecular weight is 393 g/mol. The zero-order valence-corrected chi connectivity index (χ0v) is 16.0. The van der Waals surface area contributed by atoms with Gasteiger partial charge >= 0.3 is 5.97 Å². The molecule has 0 radical (unpaired) electrons. The molecule has 1 amide bonds. The van der Waals surface area contributed by atoms with Gasteiger partial charge in [0, 0.05) is 13.1 Å². The van der Waals surface area contributed by atoms with Gasteiger partial charge in [-0.05, 0) is 31.9 Å². The topological polar surface area (TPSA) is 117 Å². The van der Waals surface area contributed by atoms with Gasteiger partial charge in [-0.3, -0.25) is 9.59 Å². The molecule has 0 unspecified atom stereocenters. The SMILES string of the molecule is C[C@@H](OC(=O)CNS(=O)(=O)c1ccccc1C#N)C(=O)N1CCCCCC1. The number of rotatable bonds is 6. The molecular weight excluding hydrogens is 370 g/mol. The lowest BCUT2D eigenvalue weighted by Gasteiger charge is -2.24. The van der Waals surface area contributed by atoms with Crippen molar-refractivity contribution < 1.29 is 22.7 Å². The van der Waals surface area contributed by atoms with Crippen LogP contribution >= 0.6 is 0 Å². The van der Waals surface area contributed by atoms with Crippen LogP contribution < -0.4 is 4.72 Å². The summed E-state index contributed by atoms with van der Waals surface area (Å²) in [6.07, 6.45) is 3.01. The smallest absolute Gasteiger partial charge is 0.321 e. The van der Waals surface area contributed by atoms with Crippen molar-refractivity contribution in [3.8, 4) is 6.07 Å². The van der Waals surface area contributed by atoms with Crippen LogP contribution in [0, 0.1) is 11.3 Å². The number of nitriles is 1. The number of hydrogen-bond acceptors (Lipinski definition) is 6.